The molecule has 0 bridgehead atoms. The monoisotopic (exact) mass is 196 g/mol. The molecule has 1 aliphatic heterocycles. The standard InChI is InChI=1S/C12H24N2/c1-2-3-9-14-10-8-13-11-6-4-5-7-12(11)14/h11-13H,2-10H2,1H3/t11-,12+/m1/s1. The van der Waals surface area contributed by atoms with Gasteiger partial charge in [0.15, 0.2) is 0 Å². The molecule has 1 heterocycles. The van der Waals surface area contributed by atoms with E-state index in [0.717, 1.165) is 12.1 Å². The van der Waals surface area contributed by atoms with Crippen molar-refractivity contribution in [2.75, 3.05) is 19.6 Å². The van der Waals surface area contributed by atoms with Crippen LogP contribution in [0.4, 0.5) is 0 Å². The first-order valence-corrected chi connectivity index (χ1v) is 6.39. The quantitative estimate of drug-likeness (QED) is 0.743. The largest absolute Gasteiger partial charge is 0.311 e. The molecule has 0 aromatic heterocycles. The second-order valence-corrected chi connectivity index (χ2v) is 4.80. The van der Waals surface area contributed by atoms with Crippen LogP contribution in [0.25, 0.3) is 0 Å². The average molecular weight is 196 g/mol. The highest BCUT2D eigenvalue weighted by Gasteiger charge is 2.32. The topological polar surface area (TPSA) is 15.3 Å². The van der Waals surface area contributed by atoms with Gasteiger partial charge in [0.2, 0.25) is 0 Å². The molecule has 1 saturated carbocycles. The maximum Gasteiger partial charge on any atom is 0.0249 e. The lowest BCUT2D eigenvalue weighted by molar-refractivity contribution is 0.0869. The van der Waals surface area contributed by atoms with E-state index < -0.39 is 0 Å². The predicted molar refractivity (Wildman–Crippen MR) is 60.5 cm³/mol. The minimum Gasteiger partial charge on any atom is -0.311 e. The fraction of sp³-hybridized carbons (Fsp3) is 1.00. The lowest BCUT2D eigenvalue weighted by atomic mass is 9.87. The van der Waals surface area contributed by atoms with E-state index in [1.165, 1.54) is 58.2 Å². The summed E-state index contributed by atoms with van der Waals surface area (Å²) in [6.07, 6.45) is 8.44. The van der Waals surface area contributed by atoms with Crippen molar-refractivity contribution in [3.63, 3.8) is 0 Å². The van der Waals surface area contributed by atoms with E-state index in [0.29, 0.717) is 0 Å². The Morgan fingerprint density at radius 3 is 3.00 bits per heavy atom. The van der Waals surface area contributed by atoms with Crippen molar-refractivity contribution in [2.24, 2.45) is 0 Å². The van der Waals surface area contributed by atoms with Crippen LogP contribution in [0, 0.1) is 0 Å². The Hall–Kier alpha value is -0.0800. The molecule has 2 atom stereocenters. The van der Waals surface area contributed by atoms with Crippen LogP contribution in [0.5, 0.6) is 0 Å². The van der Waals surface area contributed by atoms with Crippen LogP contribution in [0.2, 0.25) is 0 Å². The second kappa shape index (κ2) is 5.13. The summed E-state index contributed by atoms with van der Waals surface area (Å²) in [5.41, 5.74) is 0. The minimum atomic E-state index is 0.814. The Balaban J connectivity index is 1.88. The van der Waals surface area contributed by atoms with E-state index in [4.69, 9.17) is 0 Å². The number of nitrogens with zero attached hydrogens (tertiary/aromatic N) is 1. The molecular formula is C12H24N2. The summed E-state index contributed by atoms with van der Waals surface area (Å²) in [6.45, 7) is 6.12. The maximum absolute atomic E-state index is 3.69. The molecular weight excluding hydrogens is 172 g/mol. The summed E-state index contributed by atoms with van der Waals surface area (Å²) >= 11 is 0. The van der Waals surface area contributed by atoms with Crippen LogP contribution >= 0.6 is 0 Å². The van der Waals surface area contributed by atoms with Crippen LogP contribution in [0.1, 0.15) is 45.4 Å². The number of hydrogen-bond donors (Lipinski definition) is 1. The molecule has 14 heavy (non-hydrogen) atoms. The molecule has 1 saturated heterocycles. The van der Waals surface area contributed by atoms with Gasteiger partial charge in [-0.2, -0.15) is 0 Å². The van der Waals surface area contributed by atoms with E-state index in [1.807, 2.05) is 0 Å². The molecule has 0 radical (unpaired) electrons. The van der Waals surface area contributed by atoms with Crippen LogP contribution in [0.15, 0.2) is 0 Å². The van der Waals surface area contributed by atoms with Gasteiger partial charge in [0, 0.05) is 25.2 Å². The van der Waals surface area contributed by atoms with Gasteiger partial charge in [0.1, 0.15) is 0 Å². The van der Waals surface area contributed by atoms with Gasteiger partial charge in [-0.05, 0) is 25.8 Å². The third kappa shape index (κ3) is 2.29. The van der Waals surface area contributed by atoms with Crippen molar-refractivity contribution >= 4 is 0 Å². The van der Waals surface area contributed by atoms with Crippen molar-refractivity contribution in [1.82, 2.24) is 10.2 Å². The average Bonchev–Trinajstić information content (AvgIpc) is 2.26. The number of piperazine rings is 1. The number of unbranched alkanes of at least 4 members (excludes halogenated alkanes) is 1. The van der Waals surface area contributed by atoms with E-state index in [1.54, 1.807) is 0 Å². The summed E-state index contributed by atoms with van der Waals surface area (Å²) in [5, 5.41) is 3.69. The highest BCUT2D eigenvalue weighted by molar-refractivity contribution is 4.91. The van der Waals surface area contributed by atoms with Crippen molar-refractivity contribution in [3.8, 4) is 0 Å². The minimum absolute atomic E-state index is 0.814. The number of hydrogen-bond acceptors (Lipinski definition) is 2. The van der Waals surface area contributed by atoms with Gasteiger partial charge in [-0.25, -0.2) is 0 Å². The van der Waals surface area contributed by atoms with E-state index in [-0.39, 0.29) is 0 Å². The Morgan fingerprint density at radius 1 is 1.29 bits per heavy atom. The summed E-state index contributed by atoms with van der Waals surface area (Å²) in [4.78, 5) is 2.74. The molecule has 1 N–H and O–H groups in total. The van der Waals surface area contributed by atoms with Gasteiger partial charge < -0.3 is 5.32 Å². The first kappa shape index (κ1) is 10.4. The summed E-state index contributed by atoms with van der Waals surface area (Å²) in [7, 11) is 0. The SMILES string of the molecule is CCCCN1CCN[C@@H]2CCCC[C@@H]21. The van der Waals surface area contributed by atoms with Gasteiger partial charge in [-0.1, -0.05) is 26.2 Å². The van der Waals surface area contributed by atoms with Crippen LogP contribution < -0.4 is 5.32 Å². The first-order chi connectivity index (χ1) is 6.92. The Kier molecular flexibility index (Phi) is 3.82. The van der Waals surface area contributed by atoms with Crippen molar-refractivity contribution < 1.29 is 0 Å². The zero-order valence-corrected chi connectivity index (χ0v) is 9.47. The maximum atomic E-state index is 3.69. The van der Waals surface area contributed by atoms with Gasteiger partial charge >= 0.3 is 0 Å². The number of rotatable bonds is 3. The van der Waals surface area contributed by atoms with Gasteiger partial charge in [0.05, 0.1) is 0 Å². The van der Waals surface area contributed by atoms with Gasteiger partial charge in [-0.3, -0.25) is 4.90 Å². The molecule has 2 fully saturated rings. The molecule has 0 unspecified atom stereocenters. The fourth-order valence-electron chi connectivity index (χ4n) is 2.98. The lowest BCUT2D eigenvalue weighted by Gasteiger charge is -2.44. The molecule has 2 heteroatoms. The van der Waals surface area contributed by atoms with Crippen LogP contribution in [0.3, 0.4) is 0 Å². The molecule has 82 valence electrons. The van der Waals surface area contributed by atoms with Crippen LogP contribution in [-0.2, 0) is 0 Å². The Bertz CT molecular complexity index is 168. The summed E-state index contributed by atoms with van der Waals surface area (Å²) in [6, 6.07) is 1.68. The number of nitrogens with one attached hydrogen (secondary N) is 1. The molecule has 1 aliphatic carbocycles. The zero-order chi connectivity index (χ0) is 9.80. The van der Waals surface area contributed by atoms with Crippen molar-refractivity contribution in [2.45, 2.75) is 57.5 Å². The van der Waals surface area contributed by atoms with Crippen molar-refractivity contribution in [1.29, 1.82) is 0 Å². The molecule has 2 aliphatic rings. The smallest absolute Gasteiger partial charge is 0.0249 e. The van der Waals surface area contributed by atoms with Gasteiger partial charge in [0.25, 0.3) is 0 Å². The van der Waals surface area contributed by atoms with E-state index in [2.05, 4.69) is 17.1 Å². The zero-order valence-electron chi connectivity index (χ0n) is 9.47. The normalized spacial score (nSPS) is 34.1. The fourth-order valence-corrected chi connectivity index (χ4v) is 2.98. The summed E-state index contributed by atoms with van der Waals surface area (Å²) < 4.78 is 0. The summed E-state index contributed by atoms with van der Waals surface area (Å²) in [5.74, 6) is 0. The molecule has 2 rings (SSSR count). The first-order valence-electron chi connectivity index (χ1n) is 6.39. The Morgan fingerprint density at radius 2 is 2.14 bits per heavy atom. The Labute approximate surface area is 88.1 Å². The van der Waals surface area contributed by atoms with E-state index >= 15 is 0 Å². The van der Waals surface area contributed by atoms with E-state index in [9.17, 15) is 0 Å². The second-order valence-electron chi connectivity index (χ2n) is 4.80. The molecule has 0 aromatic carbocycles. The van der Waals surface area contributed by atoms with Crippen LogP contribution in [-0.4, -0.2) is 36.6 Å². The van der Waals surface area contributed by atoms with Gasteiger partial charge in [-0.15, -0.1) is 0 Å². The molecule has 2 nitrogen and oxygen atoms in total. The molecule has 0 amide bonds. The lowest BCUT2D eigenvalue weighted by Crippen LogP contribution is -2.59. The third-order valence-corrected chi connectivity index (χ3v) is 3.80. The van der Waals surface area contributed by atoms with Crippen molar-refractivity contribution in [3.05, 3.63) is 0 Å². The third-order valence-electron chi connectivity index (χ3n) is 3.80. The number of fused-ring (bicyclic) bond motifs is 1. The molecule has 0 aromatic rings. The highest BCUT2D eigenvalue weighted by Crippen LogP contribution is 2.25. The predicted octanol–water partition coefficient (Wildman–Crippen LogP) is 2.00. The molecule has 0 spiro atoms. The highest BCUT2D eigenvalue weighted by atomic mass is 15.2.